The van der Waals surface area contributed by atoms with Crippen molar-refractivity contribution in [2.24, 2.45) is 0 Å². The Labute approximate surface area is 71.7 Å². The molecule has 1 N–H and O–H groups in total. The molecule has 0 saturated carbocycles. The zero-order chi connectivity index (χ0) is 8.97. The van der Waals surface area contributed by atoms with Gasteiger partial charge in [-0.15, -0.1) is 0 Å². The average Bonchev–Trinajstić information content (AvgIpc) is 2.58. The lowest BCUT2D eigenvalue weighted by Gasteiger charge is -2.20. The number of ether oxygens (including phenoxy) is 3. The van der Waals surface area contributed by atoms with Gasteiger partial charge < -0.3 is 19.3 Å². The first-order valence-corrected chi connectivity index (χ1v) is 3.86. The summed E-state index contributed by atoms with van der Waals surface area (Å²) in [5, 5.41) is 9.57. The van der Waals surface area contributed by atoms with E-state index in [1.165, 1.54) is 14.2 Å². The molecule has 4 heteroatoms. The average molecular weight is 174 g/mol. The van der Waals surface area contributed by atoms with Gasteiger partial charge in [-0.3, -0.25) is 0 Å². The van der Waals surface area contributed by atoms with Gasteiger partial charge in [0.1, 0.15) is 5.76 Å². The van der Waals surface area contributed by atoms with Crippen molar-refractivity contribution in [1.29, 1.82) is 0 Å². The van der Waals surface area contributed by atoms with E-state index in [9.17, 15) is 5.11 Å². The third kappa shape index (κ3) is 1.97. The van der Waals surface area contributed by atoms with Crippen LogP contribution in [0.5, 0.6) is 0 Å². The van der Waals surface area contributed by atoms with Gasteiger partial charge in [0.2, 0.25) is 0 Å². The van der Waals surface area contributed by atoms with Crippen LogP contribution >= 0.6 is 0 Å². The molecule has 0 amide bonds. The second-order valence-corrected chi connectivity index (χ2v) is 2.53. The molecule has 1 unspecified atom stereocenters. The molecule has 0 spiro atoms. The number of hydrogen-bond acceptors (Lipinski definition) is 4. The van der Waals surface area contributed by atoms with Crippen LogP contribution in [0.2, 0.25) is 0 Å². The molecule has 4 nitrogen and oxygen atoms in total. The molecule has 12 heavy (non-hydrogen) atoms. The van der Waals surface area contributed by atoms with Crippen molar-refractivity contribution in [2.75, 3.05) is 20.8 Å². The van der Waals surface area contributed by atoms with Crippen molar-refractivity contribution >= 4 is 0 Å². The first-order chi connectivity index (χ1) is 5.79. The quantitative estimate of drug-likeness (QED) is 0.621. The molecule has 0 aromatic heterocycles. The second-order valence-electron chi connectivity index (χ2n) is 2.53. The smallest absolute Gasteiger partial charge is 0.190 e. The van der Waals surface area contributed by atoms with Crippen molar-refractivity contribution in [1.82, 2.24) is 0 Å². The molecule has 1 rings (SSSR count). The molecule has 1 atom stereocenters. The minimum Gasteiger partial charge on any atom is -0.495 e. The highest BCUT2D eigenvalue weighted by Crippen LogP contribution is 2.17. The van der Waals surface area contributed by atoms with Crippen LogP contribution in [0, 0.1) is 0 Å². The highest BCUT2D eigenvalue weighted by atomic mass is 16.7. The summed E-state index contributed by atoms with van der Waals surface area (Å²) in [7, 11) is 2.96. The highest BCUT2D eigenvalue weighted by molar-refractivity contribution is 5.04. The van der Waals surface area contributed by atoms with E-state index in [1.807, 2.05) is 6.08 Å². The molecule has 0 aromatic rings. The summed E-state index contributed by atoms with van der Waals surface area (Å²) >= 11 is 0. The molecule has 0 aromatic carbocycles. The zero-order valence-electron chi connectivity index (χ0n) is 7.32. The van der Waals surface area contributed by atoms with Gasteiger partial charge in [0.05, 0.1) is 6.61 Å². The fourth-order valence-electron chi connectivity index (χ4n) is 1.13. The third-order valence-electron chi connectivity index (χ3n) is 1.75. The van der Waals surface area contributed by atoms with Gasteiger partial charge in [0.15, 0.2) is 12.4 Å². The maximum absolute atomic E-state index is 9.57. The molecular weight excluding hydrogens is 160 g/mol. The summed E-state index contributed by atoms with van der Waals surface area (Å²) in [6, 6.07) is 0. The molecule has 70 valence electrons. The Bertz CT molecular complexity index is 162. The summed E-state index contributed by atoms with van der Waals surface area (Å²) in [5.74, 6) is 0.545. The van der Waals surface area contributed by atoms with Gasteiger partial charge in [-0.2, -0.15) is 0 Å². The topological polar surface area (TPSA) is 47.9 Å². The van der Waals surface area contributed by atoms with Crippen LogP contribution in [0.4, 0.5) is 0 Å². The molecule has 1 aliphatic rings. The Balaban J connectivity index is 2.49. The molecule has 1 heterocycles. The van der Waals surface area contributed by atoms with Gasteiger partial charge in [0, 0.05) is 20.6 Å². The normalized spacial score (nSPS) is 19.2. The van der Waals surface area contributed by atoms with Gasteiger partial charge in [0.25, 0.3) is 0 Å². The fraction of sp³-hybridized carbons (Fsp3) is 0.750. The molecule has 0 fully saturated rings. The minimum atomic E-state index is -0.817. The Morgan fingerprint density at radius 3 is 2.58 bits per heavy atom. The second kappa shape index (κ2) is 4.45. The van der Waals surface area contributed by atoms with E-state index in [1.54, 1.807) is 0 Å². The van der Waals surface area contributed by atoms with Crippen LogP contribution in [-0.4, -0.2) is 38.3 Å². The number of rotatable bonds is 4. The molecule has 0 bridgehead atoms. The number of aliphatic hydroxyl groups is 1. The van der Waals surface area contributed by atoms with Gasteiger partial charge >= 0.3 is 0 Å². The number of aliphatic hydroxyl groups excluding tert-OH is 1. The monoisotopic (exact) mass is 174 g/mol. The molecule has 0 radical (unpaired) electrons. The van der Waals surface area contributed by atoms with E-state index in [4.69, 9.17) is 14.2 Å². The van der Waals surface area contributed by atoms with E-state index < -0.39 is 12.4 Å². The van der Waals surface area contributed by atoms with Crippen molar-refractivity contribution < 1.29 is 19.3 Å². The fourth-order valence-corrected chi connectivity index (χ4v) is 1.13. The van der Waals surface area contributed by atoms with Gasteiger partial charge in [-0.05, 0) is 6.08 Å². The standard InChI is InChI=1S/C8H14O4/c1-10-8(11-2)7(9)6-4-3-5-12-6/h4,7-9H,3,5H2,1-2H3. The predicted octanol–water partition coefficient (Wildman–Crippen LogP) is 0.270. The molecular formula is C8H14O4. The van der Waals surface area contributed by atoms with Crippen LogP contribution in [0.15, 0.2) is 11.8 Å². The summed E-state index contributed by atoms with van der Waals surface area (Å²) in [6.07, 6.45) is 1.22. The van der Waals surface area contributed by atoms with Crippen LogP contribution in [0.25, 0.3) is 0 Å². The van der Waals surface area contributed by atoms with Crippen LogP contribution in [0.3, 0.4) is 0 Å². The molecule has 0 aliphatic carbocycles. The summed E-state index contributed by atoms with van der Waals surface area (Å²) < 4.78 is 14.9. The van der Waals surface area contributed by atoms with E-state index in [0.717, 1.165) is 6.42 Å². The first-order valence-electron chi connectivity index (χ1n) is 3.86. The Kier molecular flexibility index (Phi) is 3.52. The lowest BCUT2D eigenvalue weighted by Crippen LogP contribution is -2.31. The Hall–Kier alpha value is -0.580. The summed E-state index contributed by atoms with van der Waals surface area (Å²) in [5.41, 5.74) is 0. The number of methoxy groups -OCH3 is 2. The van der Waals surface area contributed by atoms with Crippen molar-refractivity contribution in [2.45, 2.75) is 18.8 Å². The van der Waals surface area contributed by atoms with Crippen LogP contribution in [-0.2, 0) is 14.2 Å². The van der Waals surface area contributed by atoms with E-state index in [2.05, 4.69) is 0 Å². The van der Waals surface area contributed by atoms with Crippen molar-refractivity contribution in [3.63, 3.8) is 0 Å². The maximum atomic E-state index is 9.57. The van der Waals surface area contributed by atoms with Crippen LogP contribution < -0.4 is 0 Å². The van der Waals surface area contributed by atoms with Gasteiger partial charge in [-0.25, -0.2) is 0 Å². The summed E-state index contributed by atoms with van der Waals surface area (Å²) in [4.78, 5) is 0. The van der Waals surface area contributed by atoms with Crippen molar-refractivity contribution in [3.8, 4) is 0 Å². The number of hydrogen-bond donors (Lipinski definition) is 1. The predicted molar refractivity (Wildman–Crippen MR) is 42.5 cm³/mol. The zero-order valence-corrected chi connectivity index (χ0v) is 7.32. The first kappa shape index (κ1) is 9.51. The Morgan fingerprint density at radius 1 is 1.50 bits per heavy atom. The van der Waals surface area contributed by atoms with E-state index in [-0.39, 0.29) is 0 Å². The summed E-state index contributed by atoms with van der Waals surface area (Å²) in [6.45, 7) is 0.631. The lowest BCUT2D eigenvalue weighted by atomic mass is 10.2. The largest absolute Gasteiger partial charge is 0.495 e. The van der Waals surface area contributed by atoms with Crippen LogP contribution in [0.1, 0.15) is 6.42 Å². The molecule has 0 saturated heterocycles. The minimum absolute atomic E-state index is 0.545. The highest BCUT2D eigenvalue weighted by Gasteiger charge is 2.25. The third-order valence-corrected chi connectivity index (χ3v) is 1.75. The van der Waals surface area contributed by atoms with E-state index in [0.29, 0.717) is 12.4 Å². The SMILES string of the molecule is COC(OC)C(O)C1=CCCO1. The Morgan fingerprint density at radius 2 is 2.17 bits per heavy atom. The van der Waals surface area contributed by atoms with Gasteiger partial charge in [-0.1, -0.05) is 0 Å². The molecule has 1 aliphatic heterocycles. The van der Waals surface area contributed by atoms with Crippen molar-refractivity contribution in [3.05, 3.63) is 11.8 Å². The maximum Gasteiger partial charge on any atom is 0.190 e. The lowest BCUT2D eigenvalue weighted by molar-refractivity contribution is -0.162. The van der Waals surface area contributed by atoms with E-state index >= 15 is 0 Å².